The highest BCUT2D eigenvalue weighted by Gasteiger charge is 2.00. The average Bonchev–Trinajstić information content (AvgIpc) is 2.18. The largest absolute Gasteiger partial charge is 0.0613 e. The topological polar surface area (TPSA) is 0 Å². The highest BCUT2D eigenvalue weighted by Crippen LogP contribution is 2.15. The Hall–Kier alpha value is -0.780. The first-order chi connectivity index (χ1) is 6.31. The third-order valence-corrected chi connectivity index (χ3v) is 2.51. The van der Waals surface area contributed by atoms with Gasteiger partial charge in [0.05, 0.1) is 0 Å². The zero-order chi connectivity index (χ0) is 9.68. The quantitative estimate of drug-likeness (QED) is 0.656. The van der Waals surface area contributed by atoms with Crippen LogP contribution in [0.5, 0.6) is 0 Å². The highest BCUT2D eigenvalue weighted by molar-refractivity contribution is 5.32. The molecule has 1 aromatic carbocycles. The van der Waals surface area contributed by atoms with Gasteiger partial charge in [-0.1, -0.05) is 39.0 Å². The van der Waals surface area contributed by atoms with Crippen molar-refractivity contribution in [2.75, 3.05) is 0 Å². The van der Waals surface area contributed by atoms with Gasteiger partial charge < -0.3 is 0 Å². The molecule has 0 unspecified atom stereocenters. The van der Waals surface area contributed by atoms with E-state index in [4.69, 9.17) is 0 Å². The molecule has 71 valence electrons. The highest BCUT2D eigenvalue weighted by atomic mass is 14.1. The fraction of sp³-hybridized carbons (Fsp3) is 0.462. The van der Waals surface area contributed by atoms with Crippen LogP contribution in [0.1, 0.15) is 37.0 Å². The van der Waals surface area contributed by atoms with Crippen molar-refractivity contribution in [3.8, 4) is 0 Å². The van der Waals surface area contributed by atoms with Crippen LogP contribution in [-0.2, 0) is 19.3 Å². The lowest BCUT2D eigenvalue weighted by Crippen LogP contribution is -1.94. The number of rotatable bonds is 4. The zero-order valence-electron chi connectivity index (χ0n) is 8.77. The summed E-state index contributed by atoms with van der Waals surface area (Å²) in [7, 11) is 0. The second-order valence-corrected chi connectivity index (χ2v) is 3.41. The Kier molecular flexibility index (Phi) is 4.01. The molecule has 0 aliphatic rings. The van der Waals surface area contributed by atoms with E-state index >= 15 is 0 Å². The van der Waals surface area contributed by atoms with Gasteiger partial charge in [0.2, 0.25) is 0 Å². The minimum atomic E-state index is 1.00. The molecule has 0 fully saturated rings. The summed E-state index contributed by atoms with van der Waals surface area (Å²) in [6, 6.07) is 6.85. The molecule has 0 atom stereocenters. The van der Waals surface area contributed by atoms with Gasteiger partial charge in [0, 0.05) is 0 Å². The molecular formula is C13H19. The van der Waals surface area contributed by atoms with Crippen molar-refractivity contribution in [3.63, 3.8) is 0 Å². The van der Waals surface area contributed by atoms with Crippen molar-refractivity contribution in [3.05, 3.63) is 41.8 Å². The number of hydrogen-bond donors (Lipinski definition) is 0. The first kappa shape index (κ1) is 10.3. The van der Waals surface area contributed by atoms with Crippen molar-refractivity contribution in [2.24, 2.45) is 0 Å². The van der Waals surface area contributed by atoms with E-state index in [0.717, 1.165) is 25.7 Å². The van der Waals surface area contributed by atoms with E-state index in [1.807, 2.05) is 0 Å². The van der Waals surface area contributed by atoms with Crippen LogP contribution in [0.3, 0.4) is 0 Å². The van der Waals surface area contributed by atoms with Gasteiger partial charge in [-0.05, 0) is 42.4 Å². The molecule has 0 saturated heterocycles. The van der Waals surface area contributed by atoms with Crippen molar-refractivity contribution in [2.45, 2.75) is 39.5 Å². The molecule has 0 bridgehead atoms. The lowest BCUT2D eigenvalue weighted by Gasteiger charge is -2.08. The maximum atomic E-state index is 3.91. The monoisotopic (exact) mass is 175 g/mol. The predicted molar refractivity (Wildman–Crippen MR) is 58.9 cm³/mol. The van der Waals surface area contributed by atoms with Crippen LogP contribution in [-0.4, -0.2) is 0 Å². The summed E-state index contributed by atoms with van der Waals surface area (Å²) < 4.78 is 0. The maximum absolute atomic E-state index is 3.91. The molecule has 13 heavy (non-hydrogen) atoms. The lowest BCUT2D eigenvalue weighted by atomic mass is 9.98. The first-order valence-corrected chi connectivity index (χ1v) is 5.21. The van der Waals surface area contributed by atoms with E-state index in [-0.39, 0.29) is 0 Å². The van der Waals surface area contributed by atoms with Crippen LogP contribution in [0.2, 0.25) is 0 Å². The van der Waals surface area contributed by atoms with E-state index < -0.39 is 0 Å². The molecule has 0 heteroatoms. The van der Waals surface area contributed by atoms with Crippen molar-refractivity contribution in [1.82, 2.24) is 0 Å². The molecule has 1 radical (unpaired) electrons. The average molecular weight is 175 g/mol. The van der Waals surface area contributed by atoms with Gasteiger partial charge in [-0.25, -0.2) is 0 Å². The third-order valence-electron chi connectivity index (χ3n) is 2.51. The van der Waals surface area contributed by atoms with Gasteiger partial charge in [-0.2, -0.15) is 0 Å². The Labute approximate surface area is 82.0 Å². The number of benzene rings is 1. The summed E-state index contributed by atoms with van der Waals surface area (Å²) in [4.78, 5) is 0. The summed E-state index contributed by atoms with van der Waals surface area (Å²) in [5.74, 6) is 0. The fourth-order valence-corrected chi connectivity index (χ4v) is 1.67. The third kappa shape index (κ3) is 2.58. The van der Waals surface area contributed by atoms with E-state index in [0.29, 0.717) is 0 Å². The maximum Gasteiger partial charge on any atom is -0.0276 e. The Balaban J connectivity index is 2.95. The molecule has 0 spiro atoms. The van der Waals surface area contributed by atoms with Crippen LogP contribution in [0.15, 0.2) is 18.2 Å². The first-order valence-electron chi connectivity index (χ1n) is 5.21. The van der Waals surface area contributed by atoms with E-state index in [1.165, 1.54) is 16.7 Å². The molecule has 0 amide bonds. The van der Waals surface area contributed by atoms with Crippen LogP contribution in [0.25, 0.3) is 0 Å². The van der Waals surface area contributed by atoms with Crippen LogP contribution in [0.4, 0.5) is 0 Å². The van der Waals surface area contributed by atoms with Gasteiger partial charge in [0.25, 0.3) is 0 Å². The molecule has 0 saturated carbocycles. The SMILES string of the molecule is [CH2]CCc1cc(CC)ccc1CC. The second-order valence-electron chi connectivity index (χ2n) is 3.41. The summed E-state index contributed by atoms with van der Waals surface area (Å²) in [6.45, 7) is 8.33. The fourth-order valence-electron chi connectivity index (χ4n) is 1.67. The predicted octanol–water partition coefficient (Wildman–Crippen LogP) is 3.58. The summed E-state index contributed by atoms with van der Waals surface area (Å²) in [6.07, 6.45) is 4.39. The molecule has 1 aromatic rings. The summed E-state index contributed by atoms with van der Waals surface area (Å²) >= 11 is 0. The Morgan fingerprint density at radius 2 is 1.85 bits per heavy atom. The minimum absolute atomic E-state index is 1.00. The second kappa shape index (κ2) is 5.06. The Morgan fingerprint density at radius 1 is 1.08 bits per heavy atom. The normalized spacial score (nSPS) is 10.4. The van der Waals surface area contributed by atoms with Crippen LogP contribution >= 0.6 is 0 Å². The molecule has 0 nitrogen and oxygen atoms in total. The number of hydrogen-bond acceptors (Lipinski definition) is 0. The summed E-state index contributed by atoms with van der Waals surface area (Å²) in [5.41, 5.74) is 4.43. The van der Waals surface area contributed by atoms with Crippen molar-refractivity contribution < 1.29 is 0 Å². The van der Waals surface area contributed by atoms with E-state index in [9.17, 15) is 0 Å². The van der Waals surface area contributed by atoms with Gasteiger partial charge in [0.1, 0.15) is 0 Å². The molecule has 1 rings (SSSR count). The molecule has 0 aliphatic carbocycles. The van der Waals surface area contributed by atoms with Crippen LogP contribution in [0, 0.1) is 6.92 Å². The molecule has 0 aliphatic heterocycles. The van der Waals surface area contributed by atoms with Gasteiger partial charge in [-0.15, -0.1) is 0 Å². The van der Waals surface area contributed by atoms with Gasteiger partial charge >= 0.3 is 0 Å². The molecular weight excluding hydrogens is 156 g/mol. The van der Waals surface area contributed by atoms with Crippen molar-refractivity contribution in [1.29, 1.82) is 0 Å². The lowest BCUT2D eigenvalue weighted by molar-refractivity contribution is 0.949. The van der Waals surface area contributed by atoms with Crippen molar-refractivity contribution >= 4 is 0 Å². The minimum Gasteiger partial charge on any atom is -0.0613 e. The van der Waals surface area contributed by atoms with Crippen LogP contribution < -0.4 is 0 Å². The van der Waals surface area contributed by atoms with Gasteiger partial charge in [0.15, 0.2) is 0 Å². The standard InChI is InChI=1S/C13H19/c1-4-7-13-10-11(5-2)8-9-12(13)6-3/h8-10H,1,4-7H2,2-3H3. The molecule has 0 aromatic heterocycles. The van der Waals surface area contributed by atoms with E-state index in [1.54, 1.807) is 0 Å². The summed E-state index contributed by atoms with van der Waals surface area (Å²) in [5, 5.41) is 0. The Morgan fingerprint density at radius 3 is 2.38 bits per heavy atom. The van der Waals surface area contributed by atoms with E-state index in [2.05, 4.69) is 39.0 Å². The Bertz CT molecular complexity index is 261. The molecule has 0 N–H and O–H groups in total. The zero-order valence-corrected chi connectivity index (χ0v) is 8.77. The molecule has 0 heterocycles. The number of aryl methyl sites for hydroxylation is 3. The van der Waals surface area contributed by atoms with Gasteiger partial charge in [-0.3, -0.25) is 0 Å². The smallest absolute Gasteiger partial charge is 0.0276 e.